The van der Waals surface area contributed by atoms with Crippen molar-refractivity contribution in [1.29, 1.82) is 0 Å². The van der Waals surface area contributed by atoms with Gasteiger partial charge in [-0.3, -0.25) is 14.5 Å². The molecule has 2 heterocycles. The minimum atomic E-state index is -0.223. The zero-order chi connectivity index (χ0) is 21.5. The van der Waals surface area contributed by atoms with Crippen molar-refractivity contribution >= 4 is 11.8 Å². The Bertz CT molecular complexity index is 694. The van der Waals surface area contributed by atoms with Crippen LogP contribution in [0.15, 0.2) is 24.3 Å². The molecule has 2 amide bonds. The average molecular weight is 415 g/mol. The van der Waals surface area contributed by atoms with Crippen LogP contribution in [0, 0.1) is 5.92 Å². The fourth-order valence-electron chi connectivity index (χ4n) is 4.61. The van der Waals surface area contributed by atoms with E-state index in [4.69, 9.17) is 0 Å². The highest BCUT2D eigenvalue weighted by molar-refractivity contribution is 5.89. The number of piperazine rings is 1. The van der Waals surface area contributed by atoms with E-state index in [2.05, 4.69) is 60.2 Å². The molecule has 1 aromatic rings. The molecule has 3 rings (SSSR count). The first-order chi connectivity index (χ1) is 14.5. The Hall–Kier alpha value is -1.92. The summed E-state index contributed by atoms with van der Waals surface area (Å²) in [6.45, 7) is 14.2. The number of nitrogens with zero attached hydrogens (tertiary/aromatic N) is 3. The molecule has 0 spiro atoms. The SMILES string of the molecule is CCC(CC)N1CC(C(=O)NCc2ccc(CN3CCN(CC)CC3)cc2)CC1=O. The molecule has 0 bridgehead atoms. The minimum Gasteiger partial charge on any atom is -0.352 e. The van der Waals surface area contributed by atoms with Crippen molar-refractivity contribution in [3.05, 3.63) is 35.4 Å². The molecule has 2 fully saturated rings. The first kappa shape index (κ1) is 22.8. The first-order valence-corrected chi connectivity index (χ1v) is 11.6. The molecule has 30 heavy (non-hydrogen) atoms. The smallest absolute Gasteiger partial charge is 0.225 e. The summed E-state index contributed by atoms with van der Waals surface area (Å²) in [5.74, 6) is -0.109. The van der Waals surface area contributed by atoms with E-state index >= 15 is 0 Å². The van der Waals surface area contributed by atoms with Crippen LogP contribution in [0.2, 0.25) is 0 Å². The summed E-state index contributed by atoms with van der Waals surface area (Å²) in [7, 11) is 0. The summed E-state index contributed by atoms with van der Waals surface area (Å²) in [6.07, 6.45) is 2.22. The highest BCUT2D eigenvalue weighted by Crippen LogP contribution is 2.23. The number of hydrogen-bond acceptors (Lipinski definition) is 4. The maximum absolute atomic E-state index is 12.6. The van der Waals surface area contributed by atoms with Crippen molar-refractivity contribution in [3.63, 3.8) is 0 Å². The largest absolute Gasteiger partial charge is 0.352 e. The second kappa shape index (κ2) is 10.9. The Morgan fingerprint density at radius 1 is 1.00 bits per heavy atom. The van der Waals surface area contributed by atoms with Crippen molar-refractivity contribution in [2.24, 2.45) is 5.92 Å². The number of likely N-dealkylation sites (tertiary alicyclic amines) is 1. The van der Waals surface area contributed by atoms with Gasteiger partial charge in [-0.05, 0) is 30.5 Å². The highest BCUT2D eigenvalue weighted by atomic mass is 16.2. The summed E-state index contributed by atoms with van der Waals surface area (Å²) in [5, 5.41) is 3.04. The predicted octanol–water partition coefficient (Wildman–Crippen LogP) is 2.48. The van der Waals surface area contributed by atoms with E-state index in [9.17, 15) is 9.59 Å². The lowest BCUT2D eigenvalue weighted by Gasteiger charge is -2.34. The van der Waals surface area contributed by atoms with Crippen LogP contribution in [-0.4, -0.2) is 71.8 Å². The van der Waals surface area contributed by atoms with Crippen LogP contribution < -0.4 is 5.32 Å². The Morgan fingerprint density at radius 2 is 1.60 bits per heavy atom. The molecule has 0 aliphatic carbocycles. The average Bonchev–Trinajstić information content (AvgIpc) is 3.16. The summed E-state index contributed by atoms with van der Waals surface area (Å²) in [5.41, 5.74) is 2.42. The van der Waals surface area contributed by atoms with Gasteiger partial charge in [0, 0.05) is 58.3 Å². The van der Waals surface area contributed by atoms with E-state index < -0.39 is 0 Å². The molecule has 1 aromatic carbocycles. The number of carbonyl (C=O) groups excluding carboxylic acids is 2. The van der Waals surface area contributed by atoms with Gasteiger partial charge in [0.1, 0.15) is 0 Å². The molecule has 1 atom stereocenters. The number of benzene rings is 1. The highest BCUT2D eigenvalue weighted by Gasteiger charge is 2.36. The summed E-state index contributed by atoms with van der Waals surface area (Å²) in [6, 6.07) is 8.80. The van der Waals surface area contributed by atoms with Crippen LogP contribution in [0.5, 0.6) is 0 Å². The minimum absolute atomic E-state index is 0.00493. The zero-order valence-electron chi connectivity index (χ0n) is 18.9. The van der Waals surface area contributed by atoms with Crippen LogP contribution in [0.3, 0.4) is 0 Å². The van der Waals surface area contributed by atoms with Gasteiger partial charge in [0.05, 0.1) is 5.92 Å². The van der Waals surface area contributed by atoms with Gasteiger partial charge >= 0.3 is 0 Å². The molecular weight excluding hydrogens is 376 g/mol. The number of nitrogens with one attached hydrogen (secondary N) is 1. The number of amides is 2. The van der Waals surface area contributed by atoms with Crippen molar-refractivity contribution in [1.82, 2.24) is 20.0 Å². The van der Waals surface area contributed by atoms with Crippen LogP contribution in [-0.2, 0) is 22.7 Å². The second-order valence-electron chi connectivity index (χ2n) is 8.66. The quantitative estimate of drug-likeness (QED) is 0.675. The number of carbonyl (C=O) groups is 2. The molecule has 2 aliphatic rings. The van der Waals surface area contributed by atoms with E-state index in [0.29, 0.717) is 19.5 Å². The van der Waals surface area contributed by atoms with Crippen molar-refractivity contribution in [2.45, 2.75) is 59.2 Å². The Balaban J connectivity index is 1.44. The molecule has 0 aromatic heterocycles. The maximum Gasteiger partial charge on any atom is 0.225 e. The maximum atomic E-state index is 12.6. The lowest BCUT2D eigenvalue weighted by Crippen LogP contribution is -2.45. The fraction of sp³-hybridized carbons (Fsp3) is 0.667. The zero-order valence-corrected chi connectivity index (χ0v) is 18.9. The standard InChI is InChI=1S/C24H38N4O2/c1-4-22(5-2)28-18-21(15-23(28)29)24(30)25-16-19-7-9-20(10-8-19)17-27-13-11-26(6-3)12-14-27/h7-10,21-22H,4-6,11-18H2,1-3H3,(H,25,30). The molecule has 0 radical (unpaired) electrons. The summed E-state index contributed by atoms with van der Waals surface area (Å²) < 4.78 is 0. The molecule has 6 nitrogen and oxygen atoms in total. The van der Waals surface area contributed by atoms with E-state index in [1.807, 2.05) is 4.90 Å². The fourth-order valence-corrected chi connectivity index (χ4v) is 4.61. The number of hydrogen-bond donors (Lipinski definition) is 1. The predicted molar refractivity (Wildman–Crippen MR) is 120 cm³/mol. The summed E-state index contributed by atoms with van der Waals surface area (Å²) >= 11 is 0. The number of rotatable bonds is 9. The Kier molecular flexibility index (Phi) is 8.28. The van der Waals surface area contributed by atoms with Crippen LogP contribution in [0.1, 0.15) is 51.2 Å². The van der Waals surface area contributed by atoms with E-state index in [1.165, 1.54) is 5.56 Å². The molecular formula is C24H38N4O2. The van der Waals surface area contributed by atoms with Gasteiger partial charge in [-0.1, -0.05) is 45.0 Å². The molecule has 1 unspecified atom stereocenters. The second-order valence-corrected chi connectivity index (χ2v) is 8.66. The topological polar surface area (TPSA) is 55.9 Å². The Labute approximate surface area is 181 Å². The van der Waals surface area contributed by atoms with Gasteiger partial charge in [0.25, 0.3) is 0 Å². The number of likely N-dealkylation sites (N-methyl/N-ethyl adjacent to an activating group) is 1. The van der Waals surface area contributed by atoms with Gasteiger partial charge in [-0.15, -0.1) is 0 Å². The lowest BCUT2D eigenvalue weighted by molar-refractivity contribution is -0.130. The third-order valence-corrected chi connectivity index (χ3v) is 6.72. The molecule has 2 saturated heterocycles. The van der Waals surface area contributed by atoms with Crippen LogP contribution in [0.25, 0.3) is 0 Å². The molecule has 0 saturated carbocycles. The normalized spacial score (nSPS) is 20.9. The molecule has 166 valence electrons. The van der Waals surface area contributed by atoms with Crippen molar-refractivity contribution < 1.29 is 9.59 Å². The summed E-state index contributed by atoms with van der Waals surface area (Å²) in [4.78, 5) is 31.8. The van der Waals surface area contributed by atoms with Gasteiger partial charge in [-0.2, -0.15) is 0 Å². The van der Waals surface area contributed by atoms with E-state index in [-0.39, 0.29) is 23.8 Å². The van der Waals surface area contributed by atoms with E-state index in [0.717, 1.165) is 57.7 Å². The van der Waals surface area contributed by atoms with Gasteiger partial charge < -0.3 is 15.1 Å². The molecule has 6 heteroatoms. The first-order valence-electron chi connectivity index (χ1n) is 11.6. The monoisotopic (exact) mass is 414 g/mol. The van der Waals surface area contributed by atoms with Crippen molar-refractivity contribution in [3.8, 4) is 0 Å². The van der Waals surface area contributed by atoms with Crippen molar-refractivity contribution in [2.75, 3.05) is 39.3 Å². The van der Waals surface area contributed by atoms with Crippen LogP contribution >= 0.6 is 0 Å². The third kappa shape index (κ3) is 5.82. The molecule has 1 N–H and O–H groups in total. The van der Waals surface area contributed by atoms with Gasteiger partial charge in [0.2, 0.25) is 11.8 Å². The molecule has 2 aliphatic heterocycles. The van der Waals surface area contributed by atoms with E-state index in [1.54, 1.807) is 0 Å². The van der Waals surface area contributed by atoms with Crippen LogP contribution in [0.4, 0.5) is 0 Å². The van der Waals surface area contributed by atoms with Gasteiger partial charge in [0.15, 0.2) is 0 Å². The van der Waals surface area contributed by atoms with Gasteiger partial charge in [-0.25, -0.2) is 0 Å². The lowest BCUT2D eigenvalue weighted by atomic mass is 10.1. The Morgan fingerprint density at radius 3 is 2.20 bits per heavy atom. The third-order valence-electron chi connectivity index (χ3n) is 6.72.